The Labute approximate surface area is 192 Å². The number of aromatic carboxylic acids is 1. The van der Waals surface area contributed by atoms with Gasteiger partial charge in [0.2, 0.25) is 0 Å². The molecule has 3 N–H and O–H groups in total. The maximum atomic E-state index is 13.0. The van der Waals surface area contributed by atoms with Crippen LogP contribution >= 0.6 is 0 Å². The number of carboxylic acids is 1. The summed E-state index contributed by atoms with van der Waals surface area (Å²) in [5, 5.41) is 12.9. The summed E-state index contributed by atoms with van der Waals surface area (Å²) in [6.45, 7) is 1.87. The first-order chi connectivity index (χ1) is 15.8. The molecule has 4 aromatic rings. The normalized spacial score (nSPS) is 11.1. The zero-order valence-corrected chi connectivity index (χ0v) is 18.6. The van der Waals surface area contributed by atoms with Crippen LogP contribution in [0, 0.1) is 6.92 Å². The lowest BCUT2D eigenvalue weighted by Gasteiger charge is -2.18. The molecule has 33 heavy (non-hydrogen) atoms. The molecule has 0 heterocycles. The minimum atomic E-state index is -3.93. The Morgan fingerprint density at radius 2 is 1.39 bits per heavy atom. The van der Waals surface area contributed by atoms with Gasteiger partial charge in [0.05, 0.1) is 21.8 Å². The fourth-order valence-electron chi connectivity index (χ4n) is 3.47. The number of hydrogen-bond donors (Lipinski definition) is 3. The summed E-state index contributed by atoms with van der Waals surface area (Å²) in [6, 6.07) is 28.0. The highest BCUT2D eigenvalue weighted by Gasteiger charge is 2.21. The molecule has 0 aromatic heterocycles. The van der Waals surface area contributed by atoms with Gasteiger partial charge in [-0.05, 0) is 42.8 Å². The van der Waals surface area contributed by atoms with Gasteiger partial charge >= 0.3 is 5.97 Å². The fraction of sp³-hybridized carbons (Fsp3) is 0.0385. The molecular weight excluding hydrogens is 436 g/mol. The fourth-order valence-corrected chi connectivity index (χ4v) is 4.54. The Morgan fingerprint density at radius 3 is 2.09 bits per heavy atom. The molecule has 6 nitrogen and oxygen atoms in total. The van der Waals surface area contributed by atoms with Gasteiger partial charge in [-0.25, -0.2) is 13.2 Å². The number of benzene rings is 4. The molecule has 0 aliphatic carbocycles. The van der Waals surface area contributed by atoms with Crippen molar-refractivity contribution >= 4 is 33.1 Å². The van der Waals surface area contributed by atoms with E-state index in [1.54, 1.807) is 12.1 Å². The molecule has 0 saturated heterocycles. The summed E-state index contributed by atoms with van der Waals surface area (Å²) in [5.74, 6) is -1.17. The van der Waals surface area contributed by atoms with Crippen molar-refractivity contribution in [2.75, 3.05) is 10.0 Å². The topological polar surface area (TPSA) is 95.5 Å². The van der Waals surface area contributed by atoms with Crippen LogP contribution in [-0.2, 0) is 10.0 Å². The lowest BCUT2D eigenvalue weighted by atomic mass is 10.0. The summed E-state index contributed by atoms with van der Waals surface area (Å²) in [7, 11) is -3.93. The van der Waals surface area contributed by atoms with Crippen molar-refractivity contribution in [1.82, 2.24) is 0 Å². The van der Waals surface area contributed by atoms with E-state index >= 15 is 0 Å². The minimum absolute atomic E-state index is 0.0537. The molecule has 0 aliphatic rings. The zero-order valence-electron chi connectivity index (χ0n) is 17.8. The Balaban J connectivity index is 1.78. The van der Waals surface area contributed by atoms with E-state index in [4.69, 9.17) is 0 Å². The highest BCUT2D eigenvalue weighted by Crippen LogP contribution is 2.35. The van der Waals surface area contributed by atoms with Gasteiger partial charge in [0, 0.05) is 11.3 Å². The summed E-state index contributed by atoms with van der Waals surface area (Å²) in [4.78, 5) is 12.1. The SMILES string of the molecule is Cc1ccc(S(=O)(=O)Nc2cccc(C(=O)O)c2Nc2ccccc2-c2ccccc2)cc1. The molecule has 0 amide bonds. The predicted octanol–water partition coefficient (Wildman–Crippen LogP) is 5.90. The molecule has 4 rings (SSSR count). The second-order valence-corrected chi connectivity index (χ2v) is 9.17. The van der Waals surface area contributed by atoms with Crippen LogP contribution in [0.15, 0.2) is 102 Å². The number of carboxylic acid groups (broad SMARTS) is 1. The van der Waals surface area contributed by atoms with Crippen LogP contribution in [0.3, 0.4) is 0 Å². The molecule has 0 unspecified atom stereocenters. The first kappa shape index (κ1) is 22.1. The Kier molecular flexibility index (Phi) is 6.15. The Morgan fingerprint density at radius 1 is 0.758 bits per heavy atom. The summed E-state index contributed by atoms with van der Waals surface area (Å²) < 4.78 is 28.5. The third kappa shape index (κ3) is 4.88. The van der Waals surface area contributed by atoms with Crippen LogP contribution in [0.2, 0.25) is 0 Å². The Bertz CT molecular complexity index is 1400. The van der Waals surface area contributed by atoms with Gasteiger partial charge in [0.15, 0.2) is 0 Å². The molecule has 0 atom stereocenters. The van der Waals surface area contributed by atoms with Crippen molar-refractivity contribution < 1.29 is 18.3 Å². The predicted molar refractivity (Wildman–Crippen MR) is 131 cm³/mol. The van der Waals surface area contributed by atoms with Crippen LogP contribution in [0.25, 0.3) is 11.1 Å². The average molecular weight is 459 g/mol. The summed E-state index contributed by atoms with van der Waals surface area (Å²) in [5.41, 5.74) is 3.61. The van der Waals surface area contributed by atoms with Crippen molar-refractivity contribution in [2.24, 2.45) is 0 Å². The monoisotopic (exact) mass is 458 g/mol. The lowest BCUT2D eigenvalue weighted by molar-refractivity contribution is 0.0698. The van der Waals surface area contributed by atoms with Crippen molar-refractivity contribution in [3.8, 4) is 11.1 Å². The number of rotatable bonds is 7. The third-order valence-electron chi connectivity index (χ3n) is 5.14. The van der Waals surface area contributed by atoms with E-state index in [-0.39, 0.29) is 21.8 Å². The Hall–Kier alpha value is -4.10. The van der Waals surface area contributed by atoms with Crippen LogP contribution in [0.4, 0.5) is 17.1 Å². The molecule has 166 valence electrons. The van der Waals surface area contributed by atoms with E-state index in [0.29, 0.717) is 5.69 Å². The summed E-state index contributed by atoms with van der Waals surface area (Å²) >= 11 is 0. The molecule has 0 fully saturated rings. The van der Waals surface area contributed by atoms with Gasteiger partial charge in [0.1, 0.15) is 0 Å². The van der Waals surface area contributed by atoms with E-state index in [9.17, 15) is 18.3 Å². The standard InChI is InChI=1S/C26H22N2O4S/c1-18-14-16-20(17-15-18)33(31,32)28-24-13-7-11-22(26(29)30)25(24)27-23-12-6-5-10-21(23)19-8-3-2-4-9-19/h2-17,27-28H,1H3,(H,29,30). The second kappa shape index (κ2) is 9.18. The van der Waals surface area contributed by atoms with Crippen LogP contribution in [0.1, 0.15) is 15.9 Å². The van der Waals surface area contributed by atoms with E-state index in [1.807, 2.05) is 61.5 Å². The van der Waals surface area contributed by atoms with Crippen LogP contribution < -0.4 is 10.0 Å². The maximum Gasteiger partial charge on any atom is 0.337 e. The molecular formula is C26H22N2O4S. The molecule has 0 aliphatic heterocycles. The number of anilines is 3. The average Bonchev–Trinajstić information content (AvgIpc) is 2.81. The number of para-hydroxylation sites is 2. The van der Waals surface area contributed by atoms with Gasteiger partial charge in [0.25, 0.3) is 10.0 Å². The number of aryl methyl sites for hydroxylation is 1. The molecule has 7 heteroatoms. The van der Waals surface area contributed by atoms with E-state index in [0.717, 1.165) is 16.7 Å². The van der Waals surface area contributed by atoms with Gasteiger partial charge < -0.3 is 10.4 Å². The second-order valence-electron chi connectivity index (χ2n) is 7.49. The number of hydrogen-bond acceptors (Lipinski definition) is 4. The van der Waals surface area contributed by atoms with Crippen LogP contribution in [0.5, 0.6) is 0 Å². The van der Waals surface area contributed by atoms with Gasteiger partial charge in [-0.1, -0.05) is 72.3 Å². The van der Waals surface area contributed by atoms with Gasteiger partial charge in [-0.15, -0.1) is 0 Å². The first-order valence-electron chi connectivity index (χ1n) is 10.2. The smallest absolute Gasteiger partial charge is 0.337 e. The van der Waals surface area contributed by atoms with Gasteiger partial charge in [-0.3, -0.25) is 4.72 Å². The highest BCUT2D eigenvalue weighted by atomic mass is 32.2. The van der Waals surface area contributed by atoms with Crippen molar-refractivity contribution in [3.05, 3.63) is 108 Å². The lowest BCUT2D eigenvalue weighted by Crippen LogP contribution is -2.15. The molecule has 0 radical (unpaired) electrons. The molecule has 0 saturated carbocycles. The highest BCUT2D eigenvalue weighted by molar-refractivity contribution is 7.92. The van der Waals surface area contributed by atoms with E-state index in [1.165, 1.54) is 30.3 Å². The molecule has 0 bridgehead atoms. The number of nitrogens with one attached hydrogen (secondary N) is 2. The van der Waals surface area contributed by atoms with E-state index < -0.39 is 16.0 Å². The molecule has 4 aromatic carbocycles. The zero-order chi connectivity index (χ0) is 23.4. The van der Waals surface area contributed by atoms with Gasteiger partial charge in [-0.2, -0.15) is 0 Å². The number of carbonyl (C=O) groups is 1. The maximum absolute atomic E-state index is 13.0. The minimum Gasteiger partial charge on any atom is -0.478 e. The number of sulfonamides is 1. The molecule has 0 spiro atoms. The summed E-state index contributed by atoms with van der Waals surface area (Å²) in [6.07, 6.45) is 0. The van der Waals surface area contributed by atoms with Crippen molar-refractivity contribution in [3.63, 3.8) is 0 Å². The van der Waals surface area contributed by atoms with Crippen LogP contribution in [-0.4, -0.2) is 19.5 Å². The van der Waals surface area contributed by atoms with Crippen molar-refractivity contribution in [2.45, 2.75) is 11.8 Å². The van der Waals surface area contributed by atoms with Crippen molar-refractivity contribution in [1.29, 1.82) is 0 Å². The third-order valence-corrected chi connectivity index (χ3v) is 6.52. The largest absolute Gasteiger partial charge is 0.478 e. The van der Waals surface area contributed by atoms with E-state index in [2.05, 4.69) is 10.0 Å². The quantitative estimate of drug-likeness (QED) is 0.320. The first-order valence-corrected chi connectivity index (χ1v) is 11.7.